The second kappa shape index (κ2) is 9.56. The Morgan fingerprint density at radius 1 is 1.10 bits per heavy atom. The summed E-state index contributed by atoms with van der Waals surface area (Å²) in [6.07, 6.45) is 1.48. The first-order chi connectivity index (χ1) is 13.9. The molecule has 152 valence electrons. The van der Waals surface area contributed by atoms with Crippen LogP contribution in [-0.2, 0) is 16.1 Å². The highest BCUT2D eigenvalue weighted by molar-refractivity contribution is 9.10. The summed E-state index contributed by atoms with van der Waals surface area (Å²) in [6.45, 7) is 2.84. The van der Waals surface area contributed by atoms with Crippen LogP contribution in [0.3, 0.4) is 0 Å². The van der Waals surface area contributed by atoms with E-state index in [2.05, 4.69) is 31.9 Å². The largest absolute Gasteiger partial charge is 0.334 e. The van der Waals surface area contributed by atoms with E-state index in [1.54, 1.807) is 11.0 Å². The number of urea groups is 1. The lowest BCUT2D eigenvalue weighted by Gasteiger charge is -2.16. The number of carbonyl (C=O) groups is 3. The molecule has 1 aliphatic rings. The van der Waals surface area contributed by atoms with Gasteiger partial charge in [0.2, 0.25) is 11.8 Å². The first-order valence-electron chi connectivity index (χ1n) is 9.39. The summed E-state index contributed by atoms with van der Waals surface area (Å²) in [5.74, 6) is -0.155. The van der Waals surface area contributed by atoms with Crippen molar-refractivity contribution in [2.24, 2.45) is 0 Å². The van der Waals surface area contributed by atoms with Crippen molar-refractivity contribution in [3.05, 3.63) is 58.1 Å². The Labute approximate surface area is 178 Å². The van der Waals surface area contributed by atoms with E-state index in [-0.39, 0.29) is 18.4 Å². The molecule has 0 saturated carbocycles. The Bertz CT molecular complexity index is 915. The molecule has 0 unspecified atom stereocenters. The van der Waals surface area contributed by atoms with Crippen LogP contribution in [0.25, 0.3) is 0 Å². The predicted molar refractivity (Wildman–Crippen MR) is 116 cm³/mol. The third-order valence-electron chi connectivity index (χ3n) is 4.65. The van der Waals surface area contributed by atoms with Crippen LogP contribution in [0.2, 0.25) is 0 Å². The number of rotatable bonds is 6. The lowest BCUT2D eigenvalue weighted by atomic mass is 10.2. The maximum Gasteiger partial charge on any atom is 0.315 e. The molecule has 0 bridgehead atoms. The van der Waals surface area contributed by atoms with E-state index in [0.717, 1.165) is 34.3 Å². The van der Waals surface area contributed by atoms with E-state index in [0.29, 0.717) is 18.7 Å². The van der Waals surface area contributed by atoms with Gasteiger partial charge in [-0.15, -0.1) is 0 Å². The Kier molecular flexibility index (Phi) is 6.87. The van der Waals surface area contributed by atoms with Crippen molar-refractivity contribution in [2.75, 3.05) is 23.3 Å². The molecule has 4 amide bonds. The van der Waals surface area contributed by atoms with E-state index in [9.17, 15) is 14.4 Å². The number of nitrogens with one attached hydrogen (secondary N) is 3. The molecule has 29 heavy (non-hydrogen) atoms. The van der Waals surface area contributed by atoms with Gasteiger partial charge in [-0.25, -0.2) is 4.79 Å². The van der Waals surface area contributed by atoms with Gasteiger partial charge in [0.25, 0.3) is 0 Å². The van der Waals surface area contributed by atoms with E-state index < -0.39 is 6.03 Å². The Morgan fingerprint density at radius 3 is 2.52 bits per heavy atom. The van der Waals surface area contributed by atoms with Gasteiger partial charge in [-0.3, -0.25) is 9.59 Å². The van der Waals surface area contributed by atoms with Gasteiger partial charge in [0.1, 0.15) is 0 Å². The average molecular weight is 459 g/mol. The van der Waals surface area contributed by atoms with Crippen LogP contribution in [0.4, 0.5) is 16.2 Å². The van der Waals surface area contributed by atoms with Crippen LogP contribution < -0.4 is 20.9 Å². The standard InChI is InChI=1S/C21H23BrN4O3/c1-14-11-16(22)6-9-18(14)25-19(27)13-24-21(29)23-12-15-4-7-17(8-5-15)26-10-2-3-20(26)28/h4-9,11H,2-3,10,12-13H2,1H3,(H,25,27)(H2,23,24,29). The fourth-order valence-corrected chi connectivity index (χ4v) is 3.56. The van der Waals surface area contributed by atoms with E-state index in [1.165, 1.54) is 0 Å². The van der Waals surface area contributed by atoms with E-state index in [1.807, 2.05) is 43.3 Å². The summed E-state index contributed by atoms with van der Waals surface area (Å²) < 4.78 is 0.936. The molecule has 3 rings (SSSR count). The van der Waals surface area contributed by atoms with Gasteiger partial charge in [-0.2, -0.15) is 0 Å². The second-order valence-corrected chi connectivity index (χ2v) is 7.77. The molecule has 0 aliphatic carbocycles. The number of carbonyl (C=O) groups excluding carboxylic acids is 3. The molecule has 1 heterocycles. The van der Waals surface area contributed by atoms with E-state index in [4.69, 9.17) is 0 Å². The highest BCUT2D eigenvalue weighted by Crippen LogP contribution is 2.21. The van der Waals surface area contributed by atoms with Gasteiger partial charge in [0, 0.05) is 35.4 Å². The predicted octanol–water partition coefficient (Wildman–Crippen LogP) is 3.32. The van der Waals surface area contributed by atoms with Crippen LogP contribution >= 0.6 is 15.9 Å². The molecular weight excluding hydrogens is 436 g/mol. The minimum absolute atomic E-state index is 0.128. The van der Waals surface area contributed by atoms with Gasteiger partial charge in [0.15, 0.2) is 0 Å². The molecule has 1 saturated heterocycles. The smallest absolute Gasteiger partial charge is 0.315 e. The van der Waals surface area contributed by atoms with Crippen LogP contribution in [0.15, 0.2) is 46.9 Å². The molecule has 3 N–H and O–H groups in total. The SMILES string of the molecule is Cc1cc(Br)ccc1NC(=O)CNC(=O)NCc1ccc(N2CCCC2=O)cc1. The zero-order valence-corrected chi connectivity index (χ0v) is 17.7. The van der Waals surface area contributed by atoms with Crippen molar-refractivity contribution in [2.45, 2.75) is 26.3 Å². The van der Waals surface area contributed by atoms with Crippen molar-refractivity contribution in [1.29, 1.82) is 0 Å². The first-order valence-corrected chi connectivity index (χ1v) is 10.2. The summed E-state index contributed by atoms with van der Waals surface area (Å²) >= 11 is 3.38. The summed E-state index contributed by atoms with van der Waals surface area (Å²) in [4.78, 5) is 37.5. The molecule has 0 spiro atoms. The zero-order valence-electron chi connectivity index (χ0n) is 16.1. The Hall–Kier alpha value is -2.87. The highest BCUT2D eigenvalue weighted by atomic mass is 79.9. The lowest BCUT2D eigenvalue weighted by Crippen LogP contribution is -2.39. The maximum absolute atomic E-state index is 12.0. The quantitative estimate of drug-likeness (QED) is 0.619. The number of amides is 4. The number of hydrogen-bond donors (Lipinski definition) is 3. The molecule has 2 aromatic rings. The van der Waals surface area contributed by atoms with Crippen molar-refractivity contribution < 1.29 is 14.4 Å². The number of anilines is 2. The molecule has 2 aromatic carbocycles. The molecule has 7 nitrogen and oxygen atoms in total. The van der Waals surface area contributed by atoms with Crippen LogP contribution in [-0.4, -0.2) is 30.9 Å². The van der Waals surface area contributed by atoms with Gasteiger partial charge in [-0.1, -0.05) is 28.1 Å². The normalized spacial score (nSPS) is 13.3. The third-order valence-corrected chi connectivity index (χ3v) is 5.14. The fraction of sp³-hybridized carbons (Fsp3) is 0.286. The highest BCUT2D eigenvalue weighted by Gasteiger charge is 2.21. The number of nitrogens with zero attached hydrogens (tertiary/aromatic N) is 1. The zero-order chi connectivity index (χ0) is 20.8. The molecule has 1 fully saturated rings. The minimum atomic E-state index is -0.425. The van der Waals surface area contributed by atoms with Crippen molar-refractivity contribution in [3.8, 4) is 0 Å². The summed E-state index contributed by atoms with van der Waals surface area (Å²) in [6, 6.07) is 12.6. The van der Waals surface area contributed by atoms with E-state index >= 15 is 0 Å². The minimum Gasteiger partial charge on any atom is -0.334 e. The fourth-order valence-electron chi connectivity index (χ4n) is 3.08. The summed E-state index contributed by atoms with van der Waals surface area (Å²) in [5, 5.41) is 8.03. The van der Waals surface area contributed by atoms with Crippen molar-refractivity contribution in [3.63, 3.8) is 0 Å². The third kappa shape index (κ3) is 5.80. The second-order valence-electron chi connectivity index (χ2n) is 6.86. The number of halogens is 1. The van der Waals surface area contributed by atoms with Crippen molar-refractivity contribution >= 4 is 45.2 Å². The summed E-state index contributed by atoms with van der Waals surface area (Å²) in [5.41, 5.74) is 3.42. The van der Waals surface area contributed by atoms with Crippen LogP contribution in [0, 0.1) is 6.92 Å². The summed E-state index contributed by atoms with van der Waals surface area (Å²) in [7, 11) is 0. The number of aryl methyl sites for hydroxylation is 1. The maximum atomic E-state index is 12.0. The molecule has 8 heteroatoms. The Morgan fingerprint density at radius 2 is 1.86 bits per heavy atom. The van der Waals surface area contributed by atoms with Gasteiger partial charge < -0.3 is 20.9 Å². The number of benzene rings is 2. The monoisotopic (exact) mass is 458 g/mol. The lowest BCUT2D eigenvalue weighted by molar-refractivity contribution is -0.117. The topological polar surface area (TPSA) is 90.5 Å². The molecule has 0 radical (unpaired) electrons. The van der Waals surface area contributed by atoms with Crippen LogP contribution in [0.5, 0.6) is 0 Å². The molecule has 0 aromatic heterocycles. The molecule has 0 atom stereocenters. The van der Waals surface area contributed by atoms with Crippen LogP contribution in [0.1, 0.15) is 24.0 Å². The molecular formula is C21H23BrN4O3. The van der Waals surface area contributed by atoms with Crippen molar-refractivity contribution in [1.82, 2.24) is 10.6 Å². The first kappa shape index (κ1) is 20.9. The molecule has 1 aliphatic heterocycles. The average Bonchev–Trinajstić information content (AvgIpc) is 3.13. The van der Waals surface area contributed by atoms with Gasteiger partial charge >= 0.3 is 6.03 Å². The van der Waals surface area contributed by atoms with Gasteiger partial charge in [0.05, 0.1) is 6.54 Å². The number of hydrogen-bond acceptors (Lipinski definition) is 3. The van der Waals surface area contributed by atoms with Gasteiger partial charge in [-0.05, 0) is 54.8 Å². The Balaban J connectivity index is 1.41.